The Morgan fingerprint density at radius 1 is 1.07 bits per heavy atom. The van der Waals surface area contributed by atoms with Crippen LogP contribution in [0.1, 0.15) is 32.9 Å². The van der Waals surface area contributed by atoms with Crippen molar-refractivity contribution in [2.75, 3.05) is 5.32 Å². The van der Waals surface area contributed by atoms with Gasteiger partial charge < -0.3 is 14.5 Å². The van der Waals surface area contributed by atoms with Gasteiger partial charge in [-0.05, 0) is 61.7 Å². The Morgan fingerprint density at radius 3 is 2.60 bits per heavy atom. The van der Waals surface area contributed by atoms with Crippen LogP contribution < -0.4 is 10.1 Å². The standard InChI is InChI=1S/C24H21ClN2O3/c1-14-15(2)23(26-16(3)22(14)29-13-17-7-5-4-6-8-17)27-24(28)21-12-18-11-19(25)9-10-20(18)30-21/h4-12H,13H2,1-3H3,(H,26,27,28). The van der Waals surface area contributed by atoms with Crippen LogP contribution in [0.5, 0.6) is 5.75 Å². The first kappa shape index (κ1) is 20.0. The van der Waals surface area contributed by atoms with Gasteiger partial charge in [0.15, 0.2) is 5.76 Å². The van der Waals surface area contributed by atoms with Crippen molar-refractivity contribution in [1.29, 1.82) is 0 Å². The van der Waals surface area contributed by atoms with Gasteiger partial charge in [0.1, 0.15) is 23.8 Å². The Balaban J connectivity index is 1.55. The Bertz CT molecular complexity index is 1230. The maximum atomic E-state index is 12.7. The second-order valence-electron chi connectivity index (χ2n) is 7.15. The summed E-state index contributed by atoms with van der Waals surface area (Å²) in [7, 11) is 0. The van der Waals surface area contributed by atoms with E-state index in [1.165, 1.54) is 0 Å². The smallest absolute Gasteiger partial charge is 0.292 e. The molecule has 6 heteroatoms. The summed E-state index contributed by atoms with van der Waals surface area (Å²) < 4.78 is 11.7. The lowest BCUT2D eigenvalue weighted by atomic mass is 10.1. The molecule has 0 radical (unpaired) electrons. The number of aryl methyl sites for hydroxylation is 1. The summed E-state index contributed by atoms with van der Waals surface area (Å²) in [5, 5.41) is 4.21. The molecule has 5 nitrogen and oxygen atoms in total. The van der Waals surface area contributed by atoms with Crippen LogP contribution in [0.4, 0.5) is 5.82 Å². The lowest BCUT2D eigenvalue weighted by Crippen LogP contribution is -2.15. The summed E-state index contributed by atoms with van der Waals surface area (Å²) in [4.78, 5) is 17.3. The van der Waals surface area contributed by atoms with Gasteiger partial charge in [-0.3, -0.25) is 4.79 Å². The molecule has 4 rings (SSSR count). The molecule has 0 saturated heterocycles. The van der Waals surface area contributed by atoms with E-state index in [0.717, 1.165) is 27.8 Å². The Hall–Kier alpha value is -3.31. The van der Waals surface area contributed by atoms with Crippen molar-refractivity contribution >= 4 is 34.3 Å². The van der Waals surface area contributed by atoms with Gasteiger partial charge in [0, 0.05) is 10.4 Å². The number of furan rings is 1. The molecule has 1 N–H and O–H groups in total. The highest BCUT2D eigenvalue weighted by molar-refractivity contribution is 6.31. The zero-order valence-electron chi connectivity index (χ0n) is 17.0. The van der Waals surface area contributed by atoms with Gasteiger partial charge in [0.2, 0.25) is 0 Å². The average molecular weight is 421 g/mol. The number of ether oxygens (including phenoxy) is 1. The molecular formula is C24H21ClN2O3. The Kier molecular flexibility index (Phi) is 5.46. The molecule has 0 saturated carbocycles. The van der Waals surface area contributed by atoms with Gasteiger partial charge in [0.05, 0.1) is 5.69 Å². The van der Waals surface area contributed by atoms with E-state index in [-0.39, 0.29) is 11.7 Å². The summed E-state index contributed by atoms with van der Waals surface area (Å²) in [6.45, 7) is 6.19. The first-order valence-corrected chi connectivity index (χ1v) is 9.95. The number of benzene rings is 2. The Labute approximate surface area is 179 Å². The van der Waals surface area contributed by atoms with Crippen LogP contribution in [0.25, 0.3) is 11.0 Å². The molecule has 0 atom stereocenters. The number of halogens is 1. The average Bonchev–Trinajstić information content (AvgIpc) is 3.16. The van der Waals surface area contributed by atoms with Gasteiger partial charge in [-0.2, -0.15) is 0 Å². The summed E-state index contributed by atoms with van der Waals surface area (Å²) in [5.41, 5.74) is 4.17. The zero-order chi connectivity index (χ0) is 21.3. The molecule has 0 aliphatic carbocycles. The third-order valence-electron chi connectivity index (χ3n) is 5.03. The third-order valence-corrected chi connectivity index (χ3v) is 5.26. The summed E-state index contributed by atoms with van der Waals surface area (Å²) in [6, 6.07) is 16.8. The molecule has 0 aliphatic rings. The lowest BCUT2D eigenvalue weighted by molar-refractivity contribution is 0.0998. The molecule has 4 aromatic rings. The minimum absolute atomic E-state index is 0.202. The van der Waals surface area contributed by atoms with Crippen LogP contribution >= 0.6 is 11.6 Å². The van der Waals surface area contributed by atoms with Crippen molar-refractivity contribution in [3.05, 3.63) is 87.8 Å². The van der Waals surface area contributed by atoms with Crippen LogP contribution in [0, 0.1) is 20.8 Å². The number of fused-ring (bicyclic) bond motifs is 1. The van der Waals surface area contributed by atoms with Crippen molar-refractivity contribution in [2.24, 2.45) is 0 Å². The zero-order valence-corrected chi connectivity index (χ0v) is 17.7. The third kappa shape index (κ3) is 4.02. The van der Waals surface area contributed by atoms with E-state index >= 15 is 0 Å². The van der Waals surface area contributed by atoms with Gasteiger partial charge in [-0.1, -0.05) is 41.9 Å². The van der Waals surface area contributed by atoms with E-state index in [4.69, 9.17) is 20.8 Å². The second kappa shape index (κ2) is 8.20. The maximum Gasteiger partial charge on any atom is 0.292 e. The van der Waals surface area contributed by atoms with E-state index in [1.54, 1.807) is 24.3 Å². The molecule has 2 aromatic heterocycles. The van der Waals surface area contributed by atoms with Crippen LogP contribution in [0.3, 0.4) is 0 Å². The summed E-state index contributed by atoms with van der Waals surface area (Å²) >= 11 is 6.01. The molecule has 30 heavy (non-hydrogen) atoms. The van der Waals surface area contributed by atoms with Crippen LogP contribution in [-0.2, 0) is 6.61 Å². The monoisotopic (exact) mass is 420 g/mol. The molecule has 0 spiro atoms. The second-order valence-corrected chi connectivity index (χ2v) is 7.58. The normalized spacial score (nSPS) is 10.9. The topological polar surface area (TPSA) is 64.4 Å². The van der Waals surface area contributed by atoms with E-state index in [1.807, 2.05) is 51.1 Å². The lowest BCUT2D eigenvalue weighted by Gasteiger charge is -2.16. The van der Waals surface area contributed by atoms with Crippen LogP contribution in [0.2, 0.25) is 5.02 Å². The van der Waals surface area contributed by atoms with Gasteiger partial charge in [-0.25, -0.2) is 4.98 Å². The number of nitrogens with one attached hydrogen (secondary N) is 1. The minimum Gasteiger partial charge on any atom is -0.487 e. The van der Waals surface area contributed by atoms with Crippen molar-refractivity contribution < 1.29 is 13.9 Å². The first-order valence-electron chi connectivity index (χ1n) is 9.57. The van der Waals surface area contributed by atoms with Gasteiger partial charge >= 0.3 is 0 Å². The number of hydrogen-bond donors (Lipinski definition) is 1. The summed E-state index contributed by atoms with van der Waals surface area (Å²) in [5.74, 6) is 1.05. The number of pyridine rings is 1. The highest BCUT2D eigenvalue weighted by Crippen LogP contribution is 2.30. The minimum atomic E-state index is -0.366. The predicted molar refractivity (Wildman–Crippen MR) is 118 cm³/mol. The molecule has 152 valence electrons. The number of carbonyl (C=O) groups excluding carboxylic acids is 1. The number of nitrogens with zero attached hydrogens (tertiary/aromatic N) is 1. The maximum absolute atomic E-state index is 12.7. The van der Waals surface area contributed by atoms with E-state index in [0.29, 0.717) is 28.7 Å². The highest BCUT2D eigenvalue weighted by Gasteiger charge is 2.18. The van der Waals surface area contributed by atoms with Crippen molar-refractivity contribution in [2.45, 2.75) is 27.4 Å². The quantitative estimate of drug-likeness (QED) is 0.415. The fourth-order valence-electron chi connectivity index (χ4n) is 3.28. The molecule has 2 heterocycles. The van der Waals surface area contributed by atoms with E-state index in [9.17, 15) is 4.79 Å². The molecule has 0 unspecified atom stereocenters. The predicted octanol–water partition coefficient (Wildman–Crippen LogP) is 6.24. The molecule has 0 aliphatic heterocycles. The number of anilines is 1. The van der Waals surface area contributed by atoms with Gasteiger partial charge in [-0.15, -0.1) is 0 Å². The number of amides is 1. The van der Waals surface area contributed by atoms with E-state index < -0.39 is 0 Å². The molecule has 0 bridgehead atoms. The largest absolute Gasteiger partial charge is 0.487 e. The number of hydrogen-bond acceptors (Lipinski definition) is 4. The van der Waals surface area contributed by atoms with Crippen molar-refractivity contribution in [3.8, 4) is 5.75 Å². The van der Waals surface area contributed by atoms with Crippen molar-refractivity contribution in [1.82, 2.24) is 4.98 Å². The fourth-order valence-corrected chi connectivity index (χ4v) is 3.46. The highest BCUT2D eigenvalue weighted by atomic mass is 35.5. The Morgan fingerprint density at radius 2 is 1.83 bits per heavy atom. The number of aromatic nitrogens is 1. The van der Waals surface area contributed by atoms with Crippen LogP contribution in [0.15, 0.2) is 59.0 Å². The number of carbonyl (C=O) groups is 1. The molecule has 1 amide bonds. The molecular weight excluding hydrogens is 400 g/mol. The SMILES string of the molecule is Cc1nc(NC(=O)c2cc3cc(Cl)ccc3o2)c(C)c(C)c1OCc1ccccc1. The first-order chi connectivity index (χ1) is 14.4. The molecule has 0 fully saturated rings. The van der Waals surface area contributed by atoms with Crippen LogP contribution in [-0.4, -0.2) is 10.9 Å². The van der Waals surface area contributed by atoms with E-state index in [2.05, 4.69) is 10.3 Å². The van der Waals surface area contributed by atoms with Gasteiger partial charge in [0.25, 0.3) is 5.91 Å². The van der Waals surface area contributed by atoms with Crippen molar-refractivity contribution in [3.63, 3.8) is 0 Å². The fraction of sp³-hybridized carbons (Fsp3) is 0.167. The number of rotatable bonds is 5. The summed E-state index contributed by atoms with van der Waals surface area (Å²) in [6.07, 6.45) is 0. The molecule has 2 aromatic carbocycles.